The number of ether oxygens (including phenoxy) is 1. The number of carbonyl (C=O) groups excluding carboxylic acids is 6. The van der Waals surface area contributed by atoms with Crippen LogP contribution in [0.4, 0.5) is 17.6 Å². The van der Waals surface area contributed by atoms with Crippen molar-refractivity contribution in [1.82, 2.24) is 103 Å². The van der Waals surface area contributed by atoms with E-state index in [9.17, 15) is 46.3 Å². The molecule has 15 heterocycles. The summed E-state index contributed by atoms with van der Waals surface area (Å²) in [4.78, 5) is 117. The molecule has 2 fully saturated rings. The van der Waals surface area contributed by atoms with Gasteiger partial charge in [-0.15, -0.1) is 0 Å². The Kier molecular flexibility index (Phi) is 29.3. The van der Waals surface area contributed by atoms with Gasteiger partial charge in [-0.3, -0.25) is 71.2 Å². The van der Waals surface area contributed by atoms with Gasteiger partial charge in [-0.2, -0.15) is 0 Å². The van der Waals surface area contributed by atoms with E-state index in [-0.39, 0.29) is 64.5 Å². The summed E-state index contributed by atoms with van der Waals surface area (Å²) < 4.78 is 69.4. The number of hydrogen-bond acceptors (Lipinski definition) is 17. The molecule has 17 aromatic rings. The monoisotopic (exact) mass is 1820 g/mol. The van der Waals surface area contributed by atoms with Gasteiger partial charge < -0.3 is 40.8 Å². The summed E-state index contributed by atoms with van der Waals surface area (Å²) in [5, 5.41) is 14.2. The number of morpholine rings is 1. The Labute approximate surface area is 774 Å². The molecule has 0 aliphatic carbocycles. The maximum atomic E-state index is 13.8. The second-order valence-corrected chi connectivity index (χ2v) is 32.6. The van der Waals surface area contributed by atoms with E-state index in [0.717, 1.165) is 170 Å². The average molecular weight is 1820 g/mol. The van der Waals surface area contributed by atoms with Crippen LogP contribution in [0.2, 0.25) is 0 Å². The number of pyridine rings is 8. The molecule has 684 valence electrons. The Morgan fingerprint density at radius 3 is 1.03 bits per heavy atom. The summed E-state index contributed by atoms with van der Waals surface area (Å²) in [6.45, 7) is 16.9. The quantitative estimate of drug-likeness (QED) is 0.0248. The minimum absolute atomic E-state index is 0.149. The number of carbonyl (C=O) groups is 6. The van der Waals surface area contributed by atoms with Gasteiger partial charge >= 0.3 is 0 Å². The molecule has 0 saturated carbocycles. The molecular weight excluding hydrogens is 1720 g/mol. The third kappa shape index (κ3) is 22.1. The molecular formula is C103H97F4N21O7. The van der Waals surface area contributed by atoms with Crippen molar-refractivity contribution in [3.05, 3.63) is 332 Å². The van der Waals surface area contributed by atoms with Crippen LogP contribution in [0.15, 0.2) is 263 Å². The molecule has 13 aromatic heterocycles. The first-order chi connectivity index (χ1) is 65.6. The minimum Gasteiger partial charge on any atom is -0.379 e. The molecule has 6 amide bonds. The molecule has 2 aliphatic rings. The number of imidazole rings is 5. The molecule has 0 atom stereocenters. The molecule has 5 N–H and O–H groups in total. The van der Waals surface area contributed by atoms with E-state index in [0.29, 0.717) is 91.8 Å². The fourth-order valence-corrected chi connectivity index (χ4v) is 16.2. The molecule has 0 unspecified atom stereocenters. The molecule has 0 spiro atoms. The van der Waals surface area contributed by atoms with Crippen LogP contribution in [0, 0.1) is 51.0 Å². The number of hydrogen-bond donors (Lipinski definition) is 5. The second-order valence-electron chi connectivity index (χ2n) is 32.6. The molecule has 28 nitrogen and oxygen atoms in total. The molecule has 32 heteroatoms. The van der Waals surface area contributed by atoms with E-state index in [2.05, 4.69) is 76.3 Å². The molecule has 4 aromatic carbocycles. The maximum absolute atomic E-state index is 13.8. The molecule has 2 aliphatic heterocycles. The highest BCUT2D eigenvalue weighted by Crippen LogP contribution is 2.37. The van der Waals surface area contributed by atoms with Gasteiger partial charge in [-0.25, -0.2) is 42.5 Å². The minimum atomic E-state index is -0.327. The van der Waals surface area contributed by atoms with Gasteiger partial charge in [0.2, 0.25) is 35.1 Å². The maximum Gasteiger partial charge on any atom is 0.287 e. The molecule has 2 saturated heterocycles. The fraction of sp³-hybridized carbons (Fsp3) is 0.214. The second kappa shape index (κ2) is 42.9. The van der Waals surface area contributed by atoms with Gasteiger partial charge in [-0.05, 0) is 237 Å². The highest BCUT2D eigenvalue weighted by Gasteiger charge is 2.25. The van der Waals surface area contributed by atoms with Crippen molar-refractivity contribution in [1.29, 1.82) is 0 Å². The number of aromatic nitrogens is 14. The number of halogens is 4. The smallest absolute Gasteiger partial charge is 0.287 e. The molecule has 19 rings (SSSR count). The van der Waals surface area contributed by atoms with Crippen LogP contribution < -0.4 is 26.6 Å². The van der Waals surface area contributed by atoms with Crippen molar-refractivity contribution in [2.45, 2.75) is 66.8 Å². The average Bonchev–Trinajstić information content (AvgIpc) is 1.81. The van der Waals surface area contributed by atoms with Crippen LogP contribution in [-0.2, 0) is 20.9 Å². The lowest BCUT2D eigenvalue weighted by Gasteiger charge is -2.26. The summed E-state index contributed by atoms with van der Waals surface area (Å²) in [7, 11) is 0. The Balaban J connectivity index is 0.000000131. The number of nitrogens with one attached hydrogen (secondary N) is 5. The van der Waals surface area contributed by atoms with E-state index in [1.54, 1.807) is 162 Å². The van der Waals surface area contributed by atoms with Crippen LogP contribution >= 0.6 is 0 Å². The largest absolute Gasteiger partial charge is 0.379 e. The lowest BCUT2D eigenvalue weighted by Crippen LogP contribution is -2.41. The first-order valence-corrected chi connectivity index (χ1v) is 44.3. The summed E-state index contributed by atoms with van der Waals surface area (Å²) in [5.41, 5.74) is 19.1. The Hall–Kier alpha value is -16.1. The van der Waals surface area contributed by atoms with Crippen molar-refractivity contribution in [3.63, 3.8) is 0 Å². The van der Waals surface area contributed by atoms with Gasteiger partial charge in [0.1, 0.15) is 23.3 Å². The first-order valence-electron chi connectivity index (χ1n) is 44.3. The zero-order chi connectivity index (χ0) is 94.0. The lowest BCUT2D eigenvalue weighted by molar-refractivity contribution is -0.127. The van der Waals surface area contributed by atoms with Crippen molar-refractivity contribution in [2.24, 2.45) is 0 Å². The van der Waals surface area contributed by atoms with Gasteiger partial charge in [0.15, 0.2) is 0 Å². The first kappa shape index (κ1) is 92.2. The summed E-state index contributed by atoms with van der Waals surface area (Å²) in [5.74, 6) is -0.688. The normalized spacial score (nSPS) is 12.5. The van der Waals surface area contributed by atoms with E-state index in [1.165, 1.54) is 31.2 Å². The topological polar surface area (TPSA) is 317 Å². The summed E-state index contributed by atoms with van der Waals surface area (Å²) in [6, 6.07) is 50.8. The van der Waals surface area contributed by atoms with Gasteiger partial charge in [-0.1, -0.05) is 24.3 Å². The van der Waals surface area contributed by atoms with E-state index in [4.69, 9.17) is 4.74 Å². The van der Waals surface area contributed by atoms with Crippen LogP contribution in [0.1, 0.15) is 97.3 Å². The van der Waals surface area contributed by atoms with Crippen LogP contribution in [-0.4, -0.2) is 191 Å². The Morgan fingerprint density at radius 1 is 0.363 bits per heavy atom. The summed E-state index contributed by atoms with van der Waals surface area (Å²) >= 11 is 0. The van der Waals surface area contributed by atoms with Crippen LogP contribution in [0.5, 0.6) is 0 Å². The SMILES string of the molecule is CC(=O)NCCNC(=O)c1ncc2cc(-c3cccnc3-c3ccc(F)c(C)c3)ccn12.Cc1cc(-c2ncccc2-c2ccn3c(C(=O)NCCCN4CCCC4=O)ncc3c2)ccc1F.Cc1cc(-c2ncccc2-c2ccn3c(C(=O)NCCCn4ccnc4)ncc3c2)ccc1F.Cc1cc(-c2ncccc2-c2ccn3c(C(=O)NCCN4CCOCC4)ncc3c2)ccc1F. The van der Waals surface area contributed by atoms with Gasteiger partial charge in [0, 0.05) is 192 Å². The lowest BCUT2D eigenvalue weighted by atomic mass is 9.99. The van der Waals surface area contributed by atoms with E-state index >= 15 is 0 Å². The molecule has 0 bridgehead atoms. The molecule has 135 heavy (non-hydrogen) atoms. The zero-order valence-electron chi connectivity index (χ0n) is 74.9. The fourth-order valence-electron chi connectivity index (χ4n) is 16.2. The van der Waals surface area contributed by atoms with Crippen LogP contribution in [0.3, 0.4) is 0 Å². The third-order valence-corrected chi connectivity index (χ3v) is 23.2. The summed E-state index contributed by atoms with van der Waals surface area (Å²) in [6.07, 6.45) is 29.3. The Bertz CT molecular complexity index is 7210. The van der Waals surface area contributed by atoms with Crippen molar-refractivity contribution in [2.75, 3.05) is 78.7 Å². The third-order valence-electron chi connectivity index (χ3n) is 23.2. The highest BCUT2D eigenvalue weighted by molar-refractivity contribution is 5.96. The van der Waals surface area contributed by atoms with Crippen molar-refractivity contribution < 1.29 is 51.1 Å². The number of fused-ring (bicyclic) bond motifs is 4. The van der Waals surface area contributed by atoms with Crippen LogP contribution in [0.25, 0.3) is 112 Å². The molecule has 0 radical (unpaired) electrons. The predicted molar refractivity (Wildman–Crippen MR) is 507 cm³/mol. The zero-order valence-corrected chi connectivity index (χ0v) is 74.9. The van der Waals surface area contributed by atoms with Crippen molar-refractivity contribution >= 4 is 57.5 Å². The number of nitrogens with zero attached hydrogens (tertiary/aromatic N) is 16. The van der Waals surface area contributed by atoms with Gasteiger partial charge in [0.05, 0.1) is 89.2 Å². The highest BCUT2D eigenvalue weighted by atomic mass is 19.1. The number of benzene rings is 4. The van der Waals surface area contributed by atoms with Gasteiger partial charge in [0.25, 0.3) is 23.6 Å². The Morgan fingerprint density at radius 2 is 0.704 bits per heavy atom. The standard InChI is InChI=1S/C27H26FN5O2.C26H23FN6O.C26H26FN5O2.C24H22FN5O2/c1-18-15-20(7-8-23(18)28)25-22(5-2-10-29-25)19-9-14-33-21(16-19)17-31-26(33)27(35)30-11-4-13-32-12-3-6-24(32)34;1-18-14-20(5-6-23(18)27)24-22(4-2-8-29-24)19-7-12-33-21(15-19)16-31-25(33)26(34)30-9-3-11-32-13-10-28-17-32;1-18-15-20(4-5-23(18)27)24-22(3-2-7-28-24)19-6-9-32-21(16-19)17-30-25(32)26(33)29-8-10-31-11-13-34-14-12-31;1-15-12-18(5-6-21(15)25)22-20(4-3-8-27-22)17-7-11-30-19(13-17)14-29-23(30)24(32)28-10-9-26-16(2)31/h2,5,7-10,14-17H,3-4,6,11-13H2,1H3,(H,30,35);2,4-8,10,12-17H,3,9,11H2,1H3,(H,30,34);2-7,9,15-17H,8,10-14H2,1H3,(H,29,33);3-8,11-14H,9-10H2,1-2H3,(H,26,31)(H,28,32). The number of likely N-dealkylation sites (tertiary alicyclic amines) is 1. The number of amides is 6. The number of rotatable bonds is 26. The van der Waals surface area contributed by atoms with Crippen molar-refractivity contribution in [3.8, 4) is 89.5 Å². The van der Waals surface area contributed by atoms with E-state index < -0.39 is 0 Å². The number of aryl methyl sites for hydroxylation is 5. The van der Waals surface area contributed by atoms with E-state index in [1.807, 2.05) is 131 Å². The predicted octanol–water partition coefficient (Wildman–Crippen LogP) is 15.7.